The molecule has 2 aromatic rings. The molecule has 2 aromatic carbocycles. The first-order valence-corrected chi connectivity index (χ1v) is 9.08. The van der Waals surface area contributed by atoms with Crippen LogP contribution in [0.4, 0.5) is 14.9 Å². The lowest BCUT2D eigenvalue weighted by Crippen LogP contribution is -2.44. The average Bonchev–Trinajstić information content (AvgIpc) is 2.69. The molecule has 6 nitrogen and oxygen atoms in total. The van der Waals surface area contributed by atoms with Gasteiger partial charge in [0.2, 0.25) is 0 Å². The molecule has 2 aliphatic heterocycles. The molecular formula is C20H22FN3O3. The summed E-state index contributed by atoms with van der Waals surface area (Å²) in [5.74, 6) is 0.365. The van der Waals surface area contributed by atoms with E-state index in [1.807, 2.05) is 24.3 Å². The molecule has 0 aliphatic carbocycles. The van der Waals surface area contributed by atoms with Crippen molar-refractivity contribution in [1.82, 2.24) is 10.6 Å². The smallest absolute Gasteiger partial charge is 0.319 e. The van der Waals surface area contributed by atoms with E-state index < -0.39 is 0 Å². The topological polar surface area (TPSA) is 71.6 Å². The van der Waals surface area contributed by atoms with Gasteiger partial charge < -0.3 is 25.4 Å². The molecule has 7 heteroatoms. The average molecular weight is 371 g/mol. The Bertz CT molecular complexity index is 807. The number of hydrogen-bond acceptors (Lipinski definition) is 4. The summed E-state index contributed by atoms with van der Waals surface area (Å²) in [6.45, 7) is 2.72. The minimum absolute atomic E-state index is 0.0430. The van der Waals surface area contributed by atoms with Crippen LogP contribution in [0.5, 0.6) is 5.75 Å². The Morgan fingerprint density at radius 3 is 2.81 bits per heavy atom. The van der Waals surface area contributed by atoms with Crippen LogP contribution in [-0.4, -0.2) is 38.4 Å². The van der Waals surface area contributed by atoms with Crippen molar-refractivity contribution in [3.8, 4) is 5.75 Å². The lowest BCUT2D eigenvalue weighted by atomic mass is 10.0. The molecule has 4 rings (SSSR count). The summed E-state index contributed by atoms with van der Waals surface area (Å²) in [4.78, 5) is 12.3. The molecule has 0 saturated carbocycles. The summed E-state index contributed by atoms with van der Waals surface area (Å²) in [6, 6.07) is 11.5. The highest BCUT2D eigenvalue weighted by molar-refractivity contribution is 5.89. The zero-order valence-electron chi connectivity index (χ0n) is 14.8. The third-order valence-corrected chi connectivity index (χ3v) is 4.73. The Morgan fingerprint density at radius 2 is 2.04 bits per heavy atom. The van der Waals surface area contributed by atoms with E-state index in [9.17, 15) is 9.18 Å². The van der Waals surface area contributed by atoms with E-state index >= 15 is 0 Å². The second-order valence-corrected chi connectivity index (χ2v) is 6.75. The SMILES string of the molecule is O=C(Nc1ccc(C2CNCCO2)cc1)NC1COc2ccc(F)cc2C1. The number of fused-ring (bicyclic) bond motifs is 1. The van der Waals surface area contributed by atoms with Crippen LogP contribution in [0.2, 0.25) is 0 Å². The fourth-order valence-electron chi connectivity index (χ4n) is 3.37. The molecule has 1 saturated heterocycles. The van der Waals surface area contributed by atoms with Crippen LogP contribution in [-0.2, 0) is 11.2 Å². The number of rotatable bonds is 3. The van der Waals surface area contributed by atoms with E-state index in [0.717, 1.165) is 24.2 Å². The maximum Gasteiger partial charge on any atom is 0.319 e. The first kappa shape index (κ1) is 17.8. The van der Waals surface area contributed by atoms with Gasteiger partial charge in [-0.3, -0.25) is 0 Å². The Labute approximate surface area is 157 Å². The molecule has 0 bridgehead atoms. The Morgan fingerprint density at radius 1 is 1.19 bits per heavy atom. The van der Waals surface area contributed by atoms with Crippen LogP contribution < -0.4 is 20.7 Å². The molecule has 2 unspecified atom stereocenters. The number of benzene rings is 2. The number of urea groups is 1. The van der Waals surface area contributed by atoms with E-state index in [1.165, 1.54) is 12.1 Å². The highest BCUT2D eigenvalue weighted by Gasteiger charge is 2.22. The van der Waals surface area contributed by atoms with Gasteiger partial charge in [0.05, 0.1) is 18.8 Å². The number of carbonyl (C=O) groups is 1. The van der Waals surface area contributed by atoms with Gasteiger partial charge in [-0.05, 0) is 47.9 Å². The minimum Gasteiger partial charge on any atom is -0.491 e. The summed E-state index contributed by atoms with van der Waals surface area (Å²) in [6.07, 6.45) is 0.576. The predicted molar refractivity (Wildman–Crippen MR) is 99.5 cm³/mol. The van der Waals surface area contributed by atoms with E-state index in [-0.39, 0.29) is 24.0 Å². The molecule has 2 heterocycles. The van der Waals surface area contributed by atoms with Crippen molar-refractivity contribution < 1.29 is 18.7 Å². The number of halogens is 1. The summed E-state index contributed by atoms with van der Waals surface area (Å²) in [5, 5.41) is 8.99. The Kier molecular flexibility index (Phi) is 5.22. The summed E-state index contributed by atoms with van der Waals surface area (Å²) >= 11 is 0. The van der Waals surface area contributed by atoms with E-state index in [2.05, 4.69) is 16.0 Å². The van der Waals surface area contributed by atoms with Crippen LogP contribution in [0, 0.1) is 5.82 Å². The Hall–Kier alpha value is -2.64. The first-order chi connectivity index (χ1) is 13.2. The molecule has 142 valence electrons. The number of nitrogens with one attached hydrogen (secondary N) is 3. The van der Waals surface area contributed by atoms with Crippen LogP contribution >= 0.6 is 0 Å². The molecule has 2 atom stereocenters. The van der Waals surface area contributed by atoms with Gasteiger partial charge in [0, 0.05) is 18.8 Å². The van der Waals surface area contributed by atoms with Gasteiger partial charge in [0.25, 0.3) is 0 Å². The maximum absolute atomic E-state index is 13.4. The van der Waals surface area contributed by atoms with E-state index in [0.29, 0.717) is 31.1 Å². The monoisotopic (exact) mass is 371 g/mol. The van der Waals surface area contributed by atoms with Crippen LogP contribution in [0.15, 0.2) is 42.5 Å². The number of amides is 2. The summed E-state index contributed by atoms with van der Waals surface area (Å²) in [7, 11) is 0. The predicted octanol–water partition coefficient (Wildman–Crippen LogP) is 2.61. The standard InChI is InChI=1S/C20H22FN3O3/c21-15-3-6-18-14(9-15)10-17(12-27-18)24-20(25)23-16-4-1-13(2-5-16)19-11-22-7-8-26-19/h1-6,9,17,19,22H,7-8,10-12H2,(H2,23,24,25). The largest absolute Gasteiger partial charge is 0.491 e. The van der Waals surface area contributed by atoms with Crippen molar-refractivity contribution in [1.29, 1.82) is 0 Å². The van der Waals surface area contributed by atoms with Crippen molar-refractivity contribution in [3.63, 3.8) is 0 Å². The summed E-state index contributed by atoms with van der Waals surface area (Å²) < 4.78 is 24.7. The molecule has 3 N–H and O–H groups in total. The van der Waals surface area contributed by atoms with Gasteiger partial charge in [-0.2, -0.15) is 0 Å². The second kappa shape index (κ2) is 7.94. The normalized spacial score (nSPS) is 21.7. The fourth-order valence-corrected chi connectivity index (χ4v) is 3.37. The van der Waals surface area contributed by atoms with Gasteiger partial charge in [-0.1, -0.05) is 12.1 Å². The molecular weight excluding hydrogens is 349 g/mol. The van der Waals surface area contributed by atoms with Crippen molar-refractivity contribution in [2.45, 2.75) is 18.6 Å². The second-order valence-electron chi connectivity index (χ2n) is 6.75. The van der Waals surface area contributed by atoms with Crippen LogP contribution in [0.25, 0.3) is 0 Å². The van der Waals surface area contributed by atoms with Crippen molar-refractivity contribution >= 4 is 11.7 Å². The summed E-state index contributed by atoms with van der Waals surface area (Å²) in [5.41, 5.74) is 2.53. The van der Waals surface area contributed by atoms with Crippen molar-refractivity contribution in [2.75, 3.05) is 31.6 Å². The molecule has 1 fully saturated rings. The Balaban J connectivity index is 1.31. The van der Waals surface area contributed by atoms with Gasteiger partial charge in [0.15, 0.2) is 0 Å². The third kappa shape index (κ3) is 4.37. The molecule has 0 spiro atoms. The highest BCUT2D eigenvalue weighted by Crippen LogP contribution is 2.25. The lowest BCUT2D eigenvalue weighted by molar-refractivity contribution is 0.0277. The van der Waals surface area contributed by atoms with Gasteiger partial charge in [0.1, 0.15) is 18.2 Å². The number of hydrogen-bond donors (Lipinski definition) is 3. The molecule has 2 amide bonds. The van der Waals surface area contributed by atoms with E-state index in [4.69, 9.17) is 9.47 Å². The maximum atomic E-state index is 13.4. The number of carbonyl (C=O) groups excluding carboxylic acids is 1. The molecule has 27 heavy (non-hydrogen) atoms. The highest BCUT2D eigenvalue weighted by atomic mass is 19.1. The molecule has 0 radical (unpaired) electrons. The third-order valence-electron chi connectivity index (χ3n) is 4.73. The quantitative estimate of drug-likeness (QED) is 0.776. The zero-order valence-corrected chi connectivity index (χ0v) is 14.8. The van der Waals surface area contributed by atoms with Crippen molar-refractivity contribution in [2.24, 2.45) is 0 Å². The number of anilines is 1. The minimum atomic E-state index is -0.313. The van der Waals surface area contributed by atoms with Gasteiger partial charge in [-0.15, -0.1) is 0 Å². The lowest BCUT2D eigenvalue weighted by Gasteiger charge is -2.26. The molecule has 0 aromatic heterocycles. The van der Waals surface area contributed by atoms with Crippen LogP contribution in [0.1, 0.15) is 17.2 Å². The zero-order chi connectivity index (χ0) is 18.6. The van der Waals surface area contributed by atoms with E-state index in [1.54, 1.807) is 6.07 Å². The number of ether oxygens (including phenoxy) is 2. The van der Waals surface area contributed by atoms with Gasteiger partial charge in [-0.25, -0.2) is 9.18 Å². The van der Waals surface area contributed by atoms with Crippen LogP contribution in [0.3, 0.4) is 0 Å². The van der Waals surface area contributed by atoms with Gasteiger partial charge >= 0.3 is 6.03 Å². The molecule has 2 aliphatic rings. The fraction of sp³-hybridized carbons (Fsp3) is 0.350. The first-order valence-electron chi connectivity index (χ1n) is 9.08. The van der Waals surface area contributed by atoms with Crippen molar-refractivity contribution in [3.05, 3.63) is 59.4 Å². The number of morpholine rings is 1.